The summed E-state index contributed by atoms with van der Waals surface area (Å²) in [5.74, 6) is 0.153. The lowest BCUT2D eigenvalue weighted by atomic mass is 10.2. The third-order valence-electron chi connectivity index (χ3n) is 4.41. The van der Waals surface area contributed by atoms with Gasteiger partial charge in [-0.15, -0.1) is 0 Å². The number of pyridine rings is 1. The summed E-state index contributed by atoms with van der Waals surface area (Å²) in [7, 11) is -1.17. The number of carbonyl (C=O) groups excluding carboxylic acids is 1. The Morgan fingerprint density at radius 2 is 1.90 bits per heavy atom. The second-order valence-electron chi connectivity index (χ2n) is 8.20. The fraction of sp³-hybridized carbons (Fsp3) is 0.318. The molecular weight excluding hydrogens is 462 g/mol. The van der Waals surface area contributed by atoms with E-state index in [4.69, 9.17) is 9.47 Å². The molecule has 0 saturated carbocycles. The van der Waals surface area contributed by atoms with Gasteiger partial charge < -0.3 is 14.0 Å². The minimum Gasteiger partial charge on any atom is -0.456 e. The number of aromatic nitrogens is 3. The van der Waals surface area contributed by atoms with Crippen molar-refractivity contribution in [3.8, 4) is 11.4 Å². The number of benzene rings is 1. The van der Waals surface area contributed by atoms with Gasteiger partial charge in [-0.25, -0.2) is 14.8 Å². The Morgan fingerprint density at radius 3 is 2.57 bits per heavy atom. The highest BCUT2D eigenvalue weighted by atomic mass is 79.9. The average molecular weight is 488 g/mol. The first kappa shape index (κ1) is 22.4. The molecule has 3 aromatic rings. The monoisotopic (exact) mass is 487 g/mol. The number of carbonyl (C=O) groups is 1. The topological polar surface area (TPSA) is 66.2 Å². The summed E-state index contributed by atoms with van der Waals surface area (Å²) in [6, 6.07) is 14.4. The van der Waals surface area contributed by atoms with Gasteiger partial charge in [0, 0.05) is 32.6 Å². The Balaban J connectivity index is 1.74. The maximum absolute atomic E-state index is 12.6. The SMILES string of the molecule is C[Si](C)(C)CCOCn1cc(C(=O)OCc2ccccc2)nc1-c1ccc(Br)nc1. The summed E-state index contributed by atoms with van der Waals surface area (Å²) in [4.78, 5) is 21.4. The van der Waals surface area contributed by atoms with Crippen molar-refractivity contribution in [3.05, 3.63) is 70.7 Å². The lowest BCUT2D eigenvalue weighted by Gasteiger charge is -2.16. The molecule has 0 aliphatic heterocycles. The Labute approximate surface area is 186 Å². The number of hydrogen-bond donors (Lipinski definition) is 0. The van der Waals surface area contributed by atoms with Gasteiger partial charge in [0.15, 0.2) is 5.69 Å². The van der Waals surface area contributed by atoms with Crippen LogP contribution >= 0.6 is 15.9 Å². The van der Waals surface area contributed by atoms with Gasteiger partial charge in [0.1, 0.15) is 23.8 Å². The van der Waals surface area contributed by atoms with E-state index in [-0.39, 0.29) is 12.3 Å². The van der Waals surface area contributed by atoms with Crippen LogP contribution in [0.15, 0.2) is 59.5 Å². The Bertz CT molecular complexity index is 970. The third kappa shape index (κ3) is 6.61. The van der Waals surface area contributed by atoms with Gasteiger partial charge >= 0.3 is 5.97 Å². The van der Waals surface area contributed by atoms with Crippen molar-refractivity contribution in [2.75, 3.05) is 6.61 Å². The van der Waals surface area contributed by atoms with Crippen molar-refractivity contribution in [1.82, 2.24) is 14.5 Å². The molecule has 0 unspecified atom stereocenters. The molecule has 1 aromatic carbocycles. The summed E-state index contributed by atoms with van der Waals surface area (Å²) in [6.45, 7) is 8.14. The number of esters is 1. The Kier molecular flexibility index (Phi) is 7.57. The molecule has 0 fully saturated rings. The summed E-state index contributed by atoms with van der Waals surface area (Å²) >= 11 is 3.34. The molecule has 8 heteroatoms. The van der Waals surface area contributed by atoms with Gasteiger partial charge in [-0.05, 0) is 39.7 Å². The molecule has 0 bridgehead atoms. The molecule has 2 aromatic heterocycles. The van der Waals surface area contributed by atoms with Gasteiger partial charge in [-0.3, -0.25) is 0 Å². The summed E-state index contributed by atoms with van der Waals surface area (Å²) < 4.78 is 13.9. The van der Waals surface area contributed by atoms with Crippen molar-refractivity contribution in [2.24, 2.45) is 0 Å². The number of nitrogens with zero attached hydrogens (tertiary/aromatic N) is 3. The normalized spacial score (nSPS) is 11.5. The molecule has 6 nitrogen and oxygen atoms in total. The van der Waals surface area contributed by atoms with Crippen LogP contribution in [0.5, 0.6) is 0 Å². The van der Waals surface area contributed by atoms with E-state index in [0.717, 1.165) is 21.8 Å². The van der Waals surface area contributed by atoms with Gasteiger partial charge in [0.05, 0.1) is 0 Å². The second-order valence-corrected chi connectivity index (χ2v) is 14.6. The van der Waals surface area contributed by atoms with Crippen LogP contribution < -0.4 is 0 Å². The molecule has 0 aliphatic carbocycles. The van der Waals surface area contributed by atoms with Crippen LogP contribution in [0.1, 0.15) is 16.1 Å². The number of ether oxygens (including phenoxy) is 2. The zero-order chi connectivity index (χ0) is 21.6. The Morgan fingerprint density at radius 1 is 1.13 bits per heavy atom. The van der Waals surface area contributed by atoms with E-state index < -0.39 is 14.0 Å². The first-order valence-electron chi connectivity index (χ1n) is 9.80. The fourth-order valence-electron chi connectivity index (χ4n) is 2.69. The smallest absolute Gasteiger partial charge is 0.358 e. The van der Waals surface area contributed by atoms with E-state index in [1.807, 2.05) is 47.0 Å². The van der Waals surface area contributed by atoms with Crippen molar-refractivity contribution in [1.29, 1.82) is 0 Å². The van der Waals surface area contributed by atoms with E-state index in [2.05, 4.69) is 45.5 Å². The molecule has 3 rings (SSSR count). The maximum atomic E-state index is 12.6. The molecule has 0 aliphatic rings. The highest BCUT2D eigenvalue weighted by Crippen LogP contribution is 2.21. The molecule has 0 N–H and O–H groups in total. The molecule has 0 saturated heterocycles. The first-order chi connectivity index (χ1) is 14.3. The van der Waals surface area contributed by atoms with Gasteiger partial charge in [0.25, 0.3) is 0 Å². The lowest BCUT2D eigenvalue weighted by Crippen LogP contribution is -2.22. The van der Waals surface area contributed by atoms with Crippen LogP contribution in [-0.4, -0.2) is 35.2 Å². The van der Waals surface area contributed by atoms with Crippen LogP contribution in [0, 0.1) is 0 Å². The van der Waals surface area contributed by atoms with Gasteiger partial charge in [0.2, 0.25) is 0 Å². The first-order valence-corrected chi connectivity index (χ1v) is 14.3. The van der Waals surface area contributed by atoms with E-state index in [1.54, 1.807) is 12.4 Å². The third-order valence-corrected chi connectivity index (χ3v) is 6.58. The Hall–Kier alpha value is -2.29. The van der Waals surface area contributed by atoms with Gasteiger partial charge in [-0.1, -0.05) is 50.0 Å². The maximum Gasteiger partial charge on any atom is 0.358 e. The largest absolute Gasteiger partial charge is 0.456 e. The number of rotatable bonds is 9. The predicted octanol–water partition coefficient (Wildman–Crippen LogP) is 5.38. The van der Waals surface area contributed by atoms with Gasteiger partial charge in [-0.2, -0.15) is 0 Å². The van der Waals surface area contributed by atoms with Crippen LogP contribution in [0.2, 0.25) is 25.7 Å². The summed E-state index contributed by atoms with van der Waals surface area (Å²) in [5.41, 5.74) is 1.98. The van der Waals surface area contributed by atoms with Crippen LogP contribution in [-0.2, 0) is 22.8 Å². The van der Waals surface area contributed by atoms with Crippen LogP contribution in [0.4, 0.5) is 0 Å². The molecule has 158 valence electrons. The molecule has 0 amide bonds. The van der Waals surface area contributed by atoms with Crippen molar-refractivity contribution < 1.29 is 14.3 Å². The van der Waals surface area contributed by atoms with E-state index in [1.165, 1.54) is 0 Å². The zero-order valence-corrected chi connectivity index (χ0v) is 20.1. The number of hydrogen-bond acceptors (Lipinski definition) is 5. The van der Waals surface area contributed by atoms with Crippen molar-refractivity contribution in [2.45, 2.75) is 39.0 Å². The standard InChI is InChI=1S/C22H26BrN3O3Si/c1-30(2,3)12-11-28-16-26-14-19(22(27)29-15-17-7-5-4-6-8-17)25-21(26)18-9-10-20(23)24-13-18/h4-10,13-14H,11-12,15-16H2,1-3H3. The molecule has 0 spiro atoms. The second kappa shape index (κ2) is 10.1. The molecule has 2 heterocycles. The summed E-state index contributed by atoms with van der Waals surface area (Å²) in [5, 5.41) is 0. The minimum absolute atomic E-state index is 0.203. The van der Waals surface area contributed by atoms with Crippen molar-refractivity contribution >= 4 is 30.0 Å². The zero-order valence-electron chi connectivity index (χ0n) is 17.5. The highest BCUT2D eigenvalue weighted by Gasteiger charge is 2.18. The quantitative estimate of drug-likeness (QED) is 0.175. The van der Waals surface area contributed by atoms with Crippen LogP contribution in [0.25, 0.3) is 11.4 Å². The number of halogens is 1. The fourth-order valence-corrected chi connectivity index (χ4v) is 3.68. The lowest BCUT2D eigenvalue weighted by molar-refractivity contribution is 0.0465. The van der Waals surface area contributed by atoms with E-state index in [0.29, 0.717) is 19.2 Å². The molecular formula is C22H26BrN3O3Si. The van der Waals surface area contributed by atoms with Crippen LogP contribution in [0.3, 0.4) is 0 Å². The molecule has 30 heavy (non-hydrogen) atoms. The van der Waals surface area contributed by atoms with Crippen molar-refractivity contribution in [3.63, 3.8) is 0 Å². The average Bonchev–Trinajstić information content (AvgIpc) is 3.14. The molecule has 0 atom stereocenters. The minimum atomic E-state index is -1.17. The van der Waals surface area contributed by atoms with E-state index in [9.17, 15) is 4.79 Å². The number of imidazole rings is 1. The van der Waals surface area contributed by atoms with E-state index >= 15 is 0 Å². The summed E-state index contributed by atoms with van der Waals surface area (Å²) in [6.07, 6.45) is 3.39. The highest BCUT2D eigenvalue weighted by molar-refractivity contribution is 9.10. The molecule has 0 radical (unpaired) electrons. The predicted molar refractivity (Wildman–Crippen MR) is 123 cm³/mol.